The van der Waals surface area contributed by atoms with Gasteiger partial charge in [-0.05, 0) is 45.4 Å². The highest BCUT2D eigenvalue weighted by atomic mass is 16.5. The van der Waals surface area contributed by atoms with Crippen LogP contribution in [0.2, 0.25) is 0 Å². The van der Waals surface area contributed by atoms with E-state index in [0.717, 1.165) is 18.9 Å². The first kappa shape index (κ1) is 15.3. The van der Waals surface area contributed by atoms with Crippen molar-refractivity contribution in [2.24, 2.45) is 5.92 Å². The Hall–Kier alpha value is -1.10. The van der Waals surface area contributed by atoms with Crippen LogP contribution in [0.4, 0.5) is 0 Å². The Kier molecular flexibility index (Phi) is 4.68. The van der Waals surface area contributed by atoms with Gasteiger partial charge in [0.25, 0.3) is 0 Å². The molecule has 1 N–H and O–H groups in total. The molecule has 0 aromatic carbocycles. The van der Waals surface area contributed by atoms with E-state index in [0.29, 0.717) is 19.6 Å². The first-order valence-electron chi connectivity index (χ1n) is 7.69. The van der Waals surface area contributed by atoms with E-state index in [9.17, 15) is 9.59 Å². The maximum Gasteiger partial charge on any atom is 0.248 e. The standard InChI is InChI=1S/C15H26N2O3/c1-4-15(3)14(19)17(11(2)13(18)16-15)8-5-9-20-10-12-6-7-12/h11-12H,4-10H2,1-3H3,(H,16,18). The largest absolute Gasteiger partial charge is 0.381 e. The van der Waals surface area contributed by atoms with Crippen LogP contribution in [0.1, 0.15) is 46.5 Å². The molecule has 0 radical (unpaired) electrons. The van der Waals surface area contributed by atoms with Gasteiger partial charge in [0.1, 0.15) is 11.6 Å². The summed E-state index contributed by atoms with van der Waals surface area (Å²) in [5.74, 6) is 0.724. The number of rotatable bonds is 7. The molecular formula is C15H26N2O3. The quantitative estimate of drug-likeness (QED) is 0.716. The average Bonchev–Trinajstić information content (AvgIpc) is 3.24. The summed E-state index contributed by atoms with van der Waals surface area (Å²) < 4.78 is 5.59. The van der Waals surface area contributed by atoms with Crippen molar-refractivity contribution in [3.8, 4) is 0 Å². The Labute approximate surface area is 121 Å². The van der Waals surface area contributed by atoms with Crippen LogP contribution in [-0.2, 0) is 14.3 Å². The molecule has 5 heteroatoms. The van der Waals surface area contributed by atoms with Crippen molar-refractivity contribution in [2.45, 2.75) is 58.0 Å². The highest BCUT2D eigenvalue weighted by Crippen LogP contribution is 2.28. The number of hydrogen-bond acceptors (Lipinski definition) is 3. The van der Waals surface area contributed by atoms with Crippen molar-refractivity contribution in [1.82, 2.24) is 10.2 Å². The maximum absolute atomic E-state index is 12.5. The molecule has 1 aliphatic carbocycles. The fraction of sp³-hybridized carbons (Fsp3) is 0.867. The predicted octanol–water partition coefficient (Wildman–Crippen LogP) is 1.32. The van der Waals surface area contributed by atoms with Gasteiger partial charge in [-0.15, -0.1) is 0 Å². The van der Waals surface area contributed by atoms with Gasteiger partial charge in [0.15, 0.2) is 0 Å². The van der Waals surface area contributed by atoms with Gasteiger partial charge in [0.05, 0.1) is 0 Å². The number of amides is 2. The molecule has 2 unspecified atom stereocenters. The lowest BCUT2D eigenvalue weighted by Crippen LogP contribution is -2.68. The van der Waals surface area contributed by atoms with Crippen molar-refractivity contribution >= 4 is 11.8 Å². The van der Waals surface area contributed by atoms with Gasteiger partial charge in [0.2, 0.25) is 11.8 Å². The van der Waals surface area contributed by atoms with Gasteiger partial charge >= 0.3 is 0 Å². The van der Waals surface area contributed by atoms with E-state index >= 15 is 0 Å². The van der Waals surface area contributed by atoms with Gasteiger partial charge in [-0.3, -0.25) is 9.59 Å². The summed E-state index contributed by atoms with van der Waals surface area (Å²) in [5.41, 5.74) is -0.752. The van der Waals surface area contributed by atoms with Crippen LogP contribution in [0.3, 0.4) is 0 Å². The van der Waals surface area contributed by atoms with Crippen LogP contribution >= 0.6 is 0 Å². The molecule has 1 saturated carbocycles. The van der Waals surface area contributed by atoms with E-state index in [1.807, 2.05) is 6.92 Å². The third-order valence-electron chi connectivity index (χ3n) is 4.42. The molecule has 1 heterocycles. The van der Waals surface area contributed by atoms with Crippen molar-refractivity contribution in [2.75, 3.05) is 19.8 Å². The molecule has 0 spiro atoms. The molecule has 114 valence electrons. The second-order valence-corrected chi connectivity index (χ2v) is 6.22. The van der Waals surface area contributed by atoms with E-state index in [1.165, 1.54) is 12.8 Å². The van der Waals surface area contributed by atoms with Gasteiger partial charge < -0.3 is 15.0 Å². The SMILES string of the molecule is CCC1(C)NC(=O)C(C)N(CCCOCC2CC2)C1=O. The van der Waals surface area contributed by atoms with Crippen LogP contribution in [0.25, 0.3) is 0 Å². The molecule has 5 nitrogen and oxygen atoms in total. The number of nitrogens with zero attached hydrogens (tertiary/aromatic N) is 1. The molecule has 1 saturated heterocycles. The van der Waals surface area contributed by atoms with E-state index < -0.39 is 5.54 Å². The van der Waals surface area contributed by atoms with Crippen LogP contribution in [-0.4, -0.2) is 48.1 Å². The number of carbonyl (C=O) groups is 2. The summed E-state index contributed by atoms with van der Waals surface area (Å²) in [6.07, 6.45) is 3.97. The zero-order valence-corrected chi connectivity index (χ0v) is 12.8. The first-order valence-corrected chi connectivity index (χ1v) is 7.69. The zero-order chi connectivity index (χ0) is 14.8. The Morgan fingerprint density at radius 1 is 1.40 bits per heavy atom. The average molecular weight is 282 g/mol. The number of piperazine rings is 1. The van der Waals surface area contributed by atoms with Crippen molar-refractivity contribution < 1.29 is 14.3 Å². The molecule has 20 heavy (non-hydrogen) atoms. The molecule has 0 aromatic rings. The third-order valence-corrected chi connectivity index (χ3v) is 4.42. The van der Waals surface area contributed by atoms with Crippen LogP contribution < -0.4 is 5.32 Å². The highest BCUT2D eigenvalue weighted by molar-refractivity contribution is 5.99. The number of nitrogens with one attached hydrogen (secondary N) is 1. The summed E-state index contributed by atoms with van der Waals surface area (Å²) in [7, 11) is 0. The summed E-state index contributed by atoms with van der Waals surface area (Å²) in [6, 6.07) is -0.384. The summed E-state index contributed by atoms with van der Waals surface area (Å²) in [5, 5.41) is 2.84. The van der Waals surface area contributed by atoms with Crippen LogP contribution in [0.5, 0.6) is 0 Å². The lowest BCUT2D eigenvalue weighted by Gasteiger charge is -2.43. The summed E-state index contributed by atoms with van der Waals surface area (Å²) in [6.45, 7) is 7.61. The topological polar surface area (TPSA) is 58.6 Å². The number of carbonyl (C=O) groups excluding carboxylic acids is 2. The first-order chi connectivity index (χ1) is 9.48. The van der Waals surface area contributed by atoms with Crippen molar-refractivity contribution in [3.05, 3.63) is 0 Å². The molecule has 0 bridgehead atoms. The van der Waals surface area contributed by atoms with Crippen molar-refractivity contribution in [1.29, 1.82) is 0 Å². The highest BCUT2D eigenvalue weighted by Gasteiger charge is 2.44. The second kappa shape index (κ2) is 6.12. The molecule has 1 aliphatic heterocycles. The molecule has 2 aliphatic rings. The molecule has 0 aromatic heterocycles. The molecule has 2 rings (SSSR count). The molecule has 2 amide bonds. The van der Waals surface area contributed by atoms with E-state index in [4.69, 9.17) is 4.74 Å². The van der Waals surface area contributed by atoms with Crippen LogP contribution in [0.15, 0.2) is 0 Å². The van der Waals surface area contributed by atoms with E-state index in [1.54, 1.807) is 18.7 Å². The normalized spacial score (nSPS) is 30.6. The number of ether oxygens (including phenoxy) is 1. The smallest absolute Gasteiger partial charge is 0.248 e. The molecular weight excluding hydrogens is 256 g/mol. The Bertz CT molecular complexity index is 381. The fourth-order valence-corrected chi connectivity index (χ4v) is 2.47. The minimum absolute atomic E-state index is 0.0225. The van der Waals surface area contributed by atoms with Gasteiger partial charge in [0, 0.05) is 19.8 Å². The van der Waals surface area contributed by atoms with E-state index in [2.05, 4.69) is 5.32 Å². The predicted molar refractivity (Wildman–Crippen MR) is 76.2 cm³/mol. The zero-order valence-electron chi connectivity index (χ0n) is 12.8. The molecule has 2 fully saturated rings. The lowest BCUT2D eigenvalue weighted by molar-refractivity contribution is -0.153. The second-order valence-electron chi connectivity index (χ2n) is 6.22. The Morgan fingerprint density at radius 3 is 2.70 bits per heavy atom. The van der Waals surface area contributed by atoms with Gasteiger partial charge in [-0.2, -0.15) is 0 Å². The number of hydrogen-bond donors (Lipinski definition) is 1. The third kappa shape index (κ3) is 3.32. The Morgan fingerprint density at radius 2 is 2.10 bits per heavy atom. The van der Waals surface area contributed by atoms with Gasteiger partial charge in [-0.1, -0.05) is 6.92 Å². The minimum Gasteiger partial charge on any atom is -0.381 e. The van der Waals surface area contributed by atoms with E-state index in [-0.39, 0.29) is 17.9 Å². The van der Waals surface area contributed by atoms with Gasteiger partial charge in [-0.25, -0.2) is 0 Å². The summed E-state index contributed by atoms with van der Waals surface area (Å²) >= 11 is 0. The lowest BCUT2D eigenvalue weighted by atomic mass is 9.92. The molecule has 2 atom stereocenters. The maximum atomic E-state index is 12.5. The fourth-order valence-electron chi connectivity index (χ4n) is 2.47. The van der Waals surface area contributed by atoms with Crippen LogP contribution in [0, 0.1) is 5.92 Å². The Balaban J connectivity index is 1.82. The summed E-state index contributed by atoms with van der Waals surface area (Å²) in [4.78, 5) is 26.2. The monoisotopic (exact) mass is 282 g/mol. The minimum atomic E-state index is -0.752. The van der Waals surface area contributed by atoms with Crippen molar-refractivity contribution in [3.63, 3.8) is 0 Å².